The molecule has 3 aromatic heterocycles. The molecule has 1 aliphatic carbocycles. The number of hydrogen-bond donors (Lipinski definition) is 0. The summed E-state index contributed by atoms with van der Waals surface area (Å²) >= 11 is 3.46. The molecule has 4 rings (SSSR count). The van der Waals surface area contributed by atoms with E-state index in [0.717, 1.165) is 28.0 Å². The van der Waals surface area contributed by atoms with Crippen molar-refractivity contribution < 1.29 is 0 Å². The van der Waals surface area contributed by atoms with Gasteiger partial charge in [0.25, 0.3) is 0 Å². The summed E-state index contributed by atoms with van der Waals surface area (Å²) in [5, 5.41) is 6.47. The van der Waals surface area contributed by atoms with Crippen LogP contribution in [0.15, 0.2) is 11.5 Å². The van der Waals surface area contributed by atoms with Gasteiger partial charge in [-0.3, -0.25) is 0 Å². The van der Waals surface area contributed by atoms with Crippen LogP contribution in [0.5, 0.6) is 0 Å². The van der Waals surface area contributed by atoms with Crippen LogP contribution in [-0.4, -0.2) is 25.8 Å². The summed E-state index contributed by atoms with van der Waals surface area (Å²) in [6.45, 7) is 2.33. The summed E-state index contributed by atoms with van der Waals surface area (Å²) in [6, 6.07) is 0. The third-order valence-corrected chi connectivity index (χ3v) is 5.64. The predicted molar refractivity (Wildman–Crippen MR) is 79.1 cm³/mol. The van der Waals surface area contributed by atoms with E-state index in [0.29, 0.717) is 0 Å². The fraction of sp³-hybridized carbons (Fsp3) is 0.462. The van der Waals surface area contributed by atoms with Crippen LogP contribution in [0.3, 0.4) is 0 Å². The molecule has 3 aromatic rings. The highest BCUT2D eigenvalue weighted by atomic mass is 32.2. The lowest BCUT2D eigenvalue weighted by Crippen LogP contribution is -2.09. The first kappa shape index (κ1) is 11.7. The van der Waals surface area contributed by atoms with Crippen LogP contribution in [0.25, 0.3) is 15.9 Å². The average Bonchev–Trinajstić information content (AvgIpc) is 3.00. The van der Waals surface area contributed by atoms with Gasteiger partial charge >= 0.3 is 0 Å². The molecular formula is C13H14N4S2. The molecule has 0 unspecified atom stereocenters. The maximum Gasteiger partial charge on any atom is 0.192 e. The molecule has 0 aromatic carbocycles. The van der Waals surface area contributed by atoms with Crippen molar-refractivity contribution >= 4 is 39.0 Å². The van der Waals surface area contributed by atoms with Crippen molar-refractivity contribution in [2.24, 2.45) is 5.92 Å². The smallest absolute Gasteiger partial charge is 0.192 e. The maximum absolute atomic E-state index is 4.77. The van der Waals surface area contributed by atoms with E-state index in [1.165, 1.54) is 28.7 Å². The molecule has 4 nitrogen and oxygen atoms in total. The first-order valence-electron chi connectivity index (χ1n) is 6.46. The molecule has 98 valence electrons. The van der Waals surface area contributed by atoms with Gasteiger partial charge in [-0.15, -0.1) is 11.3 Å². The Morgan fingerprint density at radius 1 is 1.47 bits per heavy atom. The highest BCUT2D eigenvalue weighted by Crippen LogP contribution is 2.39. The third kappa shape index (κ3) is 1.63. The number of thioether (sulfide) groups is 1. The summed E-state index contributed by atoms with van der Waals surface area (Å²) < 4.78 is 1.87. The molecule has 0 N–H and O–H groups in total. The van der Waals surface area contributed by atoms with E-state index >= 15 is 0 Å². The SMILES string of the molecule is CSc1nc2sc3c(c2c2ncnn12)C[C@@H](C)CC3. The summed E-state index contributed by atoms with van der Waals surface area (Å²) in [6.07, 6.45) is 7.29. The van der Waals surface area contributed by atoms with Crippen LogP contribution in [0, 0.1) is 5.92 Å². The first-order valence-corrected chi connectivity index (χ1v) is 8.50. The van der Waals surface area contributed by atoms with Crippen LogP contribution >= 0.6 is 23.1 Å². The van der Waals surface area contributed by atoms with Crippen LogP contribution in [0.2, 0.25) is 0 Å². The highest BCUT2D eigenvalue weighted by Gasteiger charge is 2.24. The minimum atomic E-state index is 0.758. The van der Waals surface area contributed by atoms with Gasteiger partial charge in [0.1, 0.15) is 11.2 Å². The van der Waals surface area contributed by atoms with Crippen LogP contribution in [-0.2, 0) is 12.8 Å². The van der Waals surface area contributed by atoms with Gasteiger partial charge < -0.3 is 0 Å². The zero-order chi connectivity index (χ0) is 13.0. The van der Waals surface area contributed by atoms with E-state index in [1.807, 2.05) is 22.1 Å². The second-order valence-corrected chi connectivity index (χ2v) is 6.98. The van der Waals surface area contributed by atoms with Crippen molar-refractivity contribution in [1.29, 1.82) is 0 Å². The summed E-state index contributed by atoms with van der Waals surface area (Å²) in [4.78, 5) is 11.9. The van der Waals surface area contributed by atoms with Crippen LogP contribution in [0.4, 0.5) is 0 Å². The normalized spacial score (nSPS) is 19.2. The van der Waals surface area contributed by atoms with Gasteiger partial charge in [0, 0.05) is 4.88 Å². The van der Waals surface area contributed by atoms with E-state index in [1.54, 1.807) is 18.1 Å². The first-order chi connectivity index (χ1) is 9.28. The van der Waals surface area contributed by atoms with Gasteiger partial charge in [0.2, 0.25) is 0 Å². The fourth-order valence-electron chi connectivity index (χ4n) is 2.87. The van der Waals surface area contributed by atoms with Gasteiger partial charge in [0.05, 0.1) is 5.39 Å². The Labute approximate surface area is 119 Å². The number of fused-ring (bicyclic) bond motifs is 5. The second kappa shape index (κ2) is 4.18. The fourth-order valence-corrected chi connectivity index (χ4v) is 4.63. The van der Waals surface area contributed by atoms with E-state index < -0.39 is 0 Å². The lowest BCUT2D eigenvalue weighted by atomic mass is 9.89. The van der Waals surface area contributed by atoms with Gasteiger partial charge in [0.15, 0.2) is 10.8 Å². The molecule has 0 bridgehead atoms. The molecule has 1 atom stereocenters. The summed E-state index contributed by atoms with van der Waals surface area (Å²) in [5.74, 6) is 0.758. The van der Waals surface area contributed by atoms with E-state index in [4.69, 9.17) is 4.98 Å². The molecule has 3 heterocycles. The van der Waals surface area contributed by atoms with E-state index in [-0.39, 0.29) is 0 Å². The van der Waals surface area contributed by atoms with Crippen molar-refractivity contribution in [3.8, 4) is 0 Å². The van der Waals surface area contributed by atoms with Crippen molar-refractivity contribution in [3.63, 3.8) is 0 Å². The molecule has 0 spiro atoms. The average molecular weight is 290 g/mol. The number of nitrogens with zero attached hydrogens (tertiary/aromatic N) is 4. The van der Waals surface area contributed by atoms with Crippen molar-refractivity contribution in [3.05, 3.63) is 16.8 Å². The number of aryl methyl sites for hydroxylation is 1. The number of hydrogen-bond acceptors (Lipinski definition) is 5. The molecule has 0 saturated heterocycles. The van der Waals surface area contributed by atoms with Crippen LogP contribution in [0.1, 0.15) is 23.8 Å². The number of rotatable bonds is 1. The van der Waals surface area contributed by atoms with E-state index in [2.05, 4.69) is 17.0 Å². The minimum absolute atomic E-state index is 0.758. The monoisotopic (exact) mass is 290 g/mol. The van der Waals surface area contributed by atoms with E-state index in [9.17, 15) is 0 Å². The molecule has 19 heavy (non-hydrogen) atoms. The zero-order valence-electron chi connectivity index (χ0n) is 10.9. The Balaban J connectivity index is 2.12. The largest absolute Gasteiger partial charge is 0.214 e. The Hall–Kier alpha value is -1.14. The van der Waals surface area contributed by atoms with Crippen molar-refractivity contribution in [2.45, 2.75) is 31.3 Å². The van der Waals surface area contributed by atoms with Gasteiger partial charge in [-0.05, 0) is 37.0 Å². The van der Waals surface area contributed by atoms with Gasteiger partial charge in [-0.2, -0.15) is 9.61 Å². The minimum Gasteiger partial charge on any atom is -0.214 e. The Kier molecular flexibility index (Phi) is 2.57. The molecule has 0 aliphatic heterocycles. The molecule has 0 amide bonds. The summed E-state index contributed by atoms with van der Waals surface area (Å²) in [7, 11) is 0. The molecule has 0 fully saturated rings. The number of aromatic nitrogens is 4. The molecule has 6 heteroatoms. The maximum atomic E-state index is 4.77. The number of thiophene rings is 1. The molecular weight excluding hydrogens is 276 g/mol. The Morgan fingerprint density at radius 3 is 3.21 bits per heavy atom. The van der Waals surface area contributed by atoms with Crippen LogP contribution < -0.4 is 0 Å². The molecule has 1 aliphatic rings. The Bertz CT molecular complexity index is 774. The second-order valence-electron chi connectivity index (χ2n) is 5.13. The van der Waals surface area contributed by atoms with Crippen molar-refractivity contribution in [2.75, 3.05) is 6.26 Å². The molecule has 0 saturated carbocycles. The van der Waals surface area contributed by atoms with Crippen molar-refractivity contribution in [1.82, 2.24) is 19.6 Å². The van der Waals surface area contributed by atoms with Gasteiger partial charge in [-0.1, -0.05) is 18.7 Å². The predicted octanol–water partition coefficient (Wildman–Crippen LogP) is 3.19. The standard InChI is InChI=1S/C13H14N4S2/c1-7-3-4-9-8(5-7)10-11-14-6-15-17(11)13(18-2)16-12(10)19-9/h6-7H,3-5H2,1-2H3/t7-/m0/s1. The topological polar surface area (TPSA) is 43.1 Å². The Morgan fingerprint density at radius 2 is 2.37 bits per heavy atom. The lowest BCUT2D eigenvalue weighted by molar-refractivity contribution is 0.508. The summed E-state index contributed by atoms with van der Waals surface area (Å²) in [5.41, 5.74) is 2.44. The van der Waals surface area contributed by atoms with Gasteiger partial charge in [-0.25, -0.2) is 9.97 Å². The lowest BCUT2D eigenvalue weighted by Gasteiger charge is -2.17. The quantitative estimate of drug-likeness (QED) is 0.510. The zero-order valence-corrected chi connectivity index (χ0v) is 12.5. The molecule has 0 radical (unpaired) electrons. The highest BCUT2D eigenvalue weighted by molar-refractivity contribution is 7.98. The third-order valence-electron chi connectivity index (χ3n) is 3.82.